The SMILES string of the molecule is COCCCC1CCCCN1Cc1csc(C)n1. The monoisotopic (exact) mass is 268 g/mol. The lowest BCUT2D eigenvalue weighted by Gasteiger charge is -2.35. The second kappa shape index (κ2) is 7.22. The van der Waals surface area contributed by atoms with Crippen molar-refractivity contribution in [2.75, 3.05) is 20.3 Å². The number of hydrogen-bond donors (Lipinski definition) is 0. The van der Waals surface area contributed by atoms with Gasteiger partial charge < -0.3 is 4.74 Å². The van der Waals surface area contributed by atoms with E-state index < -0.39 is 0 Å². The van der Waals surface area contributed by atoms with Gasteiger partial charge in [-0.25, -0.2) is 4.98 Å². The first-order chi connectivity index (χ1) is 8.79. The molecule has 102 valence electrons. The molecule has 1 saturated heterocycles. The summed E-state index contributed by atoms with van der Waals surface area (Å²) in [6, 6.07) is 0.732. The average Bonchev–Trinajstić information content (AvgIpc) is 2.77. The summed E-state index contributed by atoms with van der Waals surface area (Å²) in [7, 11) is 1.79. The molecular formula is C14H24N2OS. The number of hydrogen-bond acceptors (Lipinski definition) is 4. The summed E-state index contributed by atoms with van der Waals surface area (Å²) in [5.74, 6) is 0. The van der Waals surface area contributed by atoms with Gasteiger partial charge in [-0.2, -0.15) is 0 Å². The number of aromatic nitrogens is 1. The molecule has 3 nitrogen and oxygen atoms in total. The van der Waals surface area contributed by atoms with Gasteiger partial charge >= 0.3 is 0 Å². The van der Waals surface area contributed by atoms with E-state index in [4.69, 9.17) is 4.74 Å². The molecule has 0 aromatic carbocycles. The molecule has 0 radical (unpaired) electrons. The number of thiazole rings is 1. The zero-order valence-corrected chi connectivity index (χ0v) is 12.3. The van der Waals surface area contributed by atoms with Gasteiger partial charge in [0.1, 0.15) is 0 Å². The summed E-state index contributed by atoms with van der Waals surface area (Å²) in [5, 5.41) is 3.38. The van der Waals surface area contributed by atoms with Crippen LogP contribution in [0.2, 0.25) is 0 Å². The summed E-state index contributed by atoms with van der Waals surface area (Å²) < 4.78 is 5.16. The van der Waals surface area contributed by atoms with Gasteiger partial charge in [0.15, 0.2) is 0 Å². The second-order valence-electron chi connectivity index (χ2n) is 5.11. The lowest BCUT2D eigenvalue weighted by Crippen LogP contribution is -2.39. The van der Waals surface area contributed by atoms with Crippen molar-refractivity contribution in [3.8, 4) is 0 Å². The van der Waals surface area contributed by atoms with Crippen LogP contribution >= 0.6 is 11.3 Å². The van der Waals surface area contributed by atoms with Crippen LogP contribution in [0.4, 0.5) is 0 Å². The van der Waals surface area contributed by atoms with Crippen molar-refractivity contribution in [1.82, 2.24) is 9.88 Å². The fourth-order valence-corrected chi connectivity index (χ4v) is 3.35. The lowest BCUT2D eigenvalue weighted by molar-refractivity contribution is 0.115. The Bertz CT molecular complexity index is 353. The average molecular weight is 268 g/mol. The standard InChI is InChI=1S/C14H24N2OS/c1-12-15-13(11-18-12)10-16-8-4-3-6-14(16)7-5-9-17-2/h11,14H,3-10H2,1-2H3. The summed E-state index contributed by atoms with van der Waals surface area (Å²) in [5.41, 5.74) is 1.25. The van der Waals surface area contributed by atoms with Crippen LogP contribution in [-0.4, -0.2) is 36.2 Å². The first-order valence-corrected chi connectivity index (χ1v) is 7.81. The van der Waals surface area contributed by atoms with Crippen molar-refractivity contribution < 1.29 is 4.74 Å². The first kappa shape index (κ1) is 14.0. The molecule has 0 aliphatic carbocycles. The third-order valence-corrected chi connectivity index (χ3v) is 4.49. The number of methoxy groups -OCH3 is 1. The zero-order chi connectivity index (χ0) is 12.8. The van der Waals surface area contributed by atoms with E-state index in [1.165, 1.54) is 49.4 Å². The summed E-state index contributed by atoms with van der Waals surface area (Å²) in [6.07, 6.45) is 6.49. The van der Waals surface area contributed by atoms with E-state index in [-0.39, 0.29) is 0 Å². The minimum atomic E-state index is 0.732. The van der Waals surface area contributed by atoms with Crippen molar-refractivity contribution in [2.24, 2.45) is 0 Å². The fraction of sp³-hybridized carbons (Fsp3) is 0.786. The van der Waals surface area contributed by atoms with Crippen LogP contribution in [-0.2, 0) is 11.3 Å². The number of rotatable bonds is 6. The molecule has 1 aliphatic rings. The Kier molecular flexibility index (Phi) is 5.60. The molecule has 0 saturated carbocycles. The Morgan fingerprint density at radius 1 is 1.50 bits per heavy atom. The Morgan fingerprint density at radius 3 is 3.11 bits per heavy atom. The van der Waals surface area contributed by atoms with Crippen molar-refractivity contribution in [2.45, 2.75) is 51.6 Å². The maximum absolute atomic E-state index is 5.16. The number of ether oxygens (including phenoxy) is 1. The molecule has 0 amide bonds. The molecule has 2 heterocycles. The van der Waals surface area contributed by atoms with Crippen LogP contribution in [0.25, 0.3) is 0 Å². The Hall–Kier alpha value is -0.450. The molecule has 0 bridgehead atoms. The minimum absolute atomic E-state index is 0.732. The molecule has 0 spiro atoms. The van der Waals surface area contributed by atoms with Crippen molar-refractivity contribution in [1.29, 1.82) is 0 Å². The van der Waals surface area contributed by atoms with E-state index in [9.17, 15) is 0 Å². The van der Waals surface area contributed by atoms with Gasteiger partial charge in [0.05, 0.1) is 10.7 Å². The van der Waals surface area contributed by atoms with E-state index in [1.807, 2.05) is 0 Å². The molecule has 18 heavy (non-hydrogen) atoms. The fourth-order valence-electron chi connectivity index (χ4n) is 2.75. The van der Waals surface area contributed by atoms with E-state index >= 15 is 0 Å². The van der Waals surface area contributed by atoms with Gasteiger partial charge in [0.2, 0.25) is 0 Å². The van der Waals surface area contributed by atoms with Crippen molar-refractivity contribution in [3.63, 3.8) is 0 Å². The molecule has 1 aromatic heterocycles. The molecule has 2 rings (SSSR count). The molecule has 1 atom stereocenters. The molecule has 4 heteroatoms. The molecule has 0 N–H and O–H groups in total. The molecule has 1 fully saturated rings. The zero-order valence-electron chi connectivity index (χ0n) is 11.5. The Labute approximate surface area is 114 Å². The van der Waals surface area contributed by atoms with Gasteiger partial charge in [0.25, 0.3) is 0 Å². The normalized spacial score (nSPS) is 21.3. The van der Waals surface area contributed by atoms with Crippen LogP contribution in [0.5, 0.6) is 0 Å². The van der Waals surface area contributed by atoms with Crippen LogP contribution in [0.15, 0.2) is 5.38 Å². The van der Waals surface area contributed by atoms with E-state index in [2.05, 4.69) is 22.2 Å². The summed E-state index contributed by atoms with van der Waals surface area (Å²) in [4.78, 5) is 7.21. The van der Waals surface area contributed by atoms with Crippen LogP contribution < -0.4 is 0 Å². The maximum atomic E-state index is 5.16. The Balaban J connectivity index is 1.86. The number of aryl methyl sites for hydroxylation is 1. The number of likely N-dealkylation sites (tertiary alicyclic amines) is 1. The van der Waals surface area contributed by atoms with Gasteiger partial charge in [-0.3, -0.25) is 4.90 Å². The van der Waals surface area contributed by atoms with Crippen LogP contribution in [0.1, 0.15) is 42.8 Å². The van der Waals surface area contributed by atoms with Crippen LogP contribution in [0.3, 0.4) is 0 Å². The molecular weight excluding hydrogens is 244 g/mol. The van der Waals surface area contributed by atoms with Crippen molar-refractivity contribution in [3.05, 3.63) is 16.1 Å². The highest BCUT2D eigenvalue weighted by atomic mass is 32.1. The molecule has 1 aliphatic heterocycles. The quantitative estimate of drug-likeness (QED) is 0.741. The molecule has 1 aromatic rings. The van der Waals surface area contributed by atoms with E-state index in [1.54, 1.807) is 18.4 Å². The predicted octanol–water partition coefficient (Wildman–Crippen LogP) is 3.23. The third kappa shape index (κ3) is 4.04. The predicted molar refractivity (Wildman–Crippen MR) is 76.0 cm³/mol. The number of nitrogens with zero attached hydrogens (tertiary/aromatic N) is 2. The highest BCUT2D eigenvalue weighted by molar-refractivity contribution is 7.09. The highest BCUT2D eigenvalue weighted by Gasteiger charge is 2.22. The maximum Gasteiger partial charge on any atom is 0.0897 e. The summed E-state index contributed by atoms with van der Waals surface area (Å²) in [6.45, 7) is 5.23. The van der Waals surface area contributed by atoms with E-state index in [0.717, 1.165) is 19.2 Å². The number of piperidine rings is 1. The minimum Gasteiger partial charge on any atom is -0.385 e. The highest BCUT2D eigenvalue weighted by Crippen LogP contribution is 2.23. The van der Waals surface area contributed by atoms with Crippen LogP contribution in [0, 0.1) is 6.92 Å². The topological polar surface area (TPSA) is 25.4 Å². The Morgan fingerprint density at radius 2 is 2.39 bits per heavy atom. The van der Waals surface area contributed by atoms with Gasteiger partial charge in [0, 0.05) is 31.7 Å². The van der Waals surface area contributed by atoms with E-state index in [0.29, 0.717) is 0 Å². The van der Waals surface area contributed by atoms with Crippen molar-refractivity contribution >= 4 is 11.3 Å². The summed E-state index contributed by atoms with van der Waals surface area (Å²) >= 11 is 1.76. The largest absolute Gasteiger partial charge is 0.385 e. The lowest BCUT2D eigenvalue weighted by atomic mass is 9.98. The second-order valence-corrected chi connectivity index (χ2v) is 6.18. The third-order valence-electron chi connectivity index (χ3n) is 3.67. The first-order valence-electron chi connectivity index (χ1n) is 6.93. The smallest absolute Gasteiger partial charge is 0.0897 e. The molecule has 1 unspecified atom stereocenters. The van der Waals surface area contributed by atoms with Gasteiger partial charge in [-0.1, -0.05) is 6.42 Å². The van der Waals surface area contributed by atoms with Gasteiger partial charge in [-0.05, 0) is 39.2 Å². The van der Waals surface area contributed by atoms with Gasteiger partial charge in [-0.15, -0.1) is 11.3 Å².